The Labute approximate surface area is 158 Å². The molecule has 1 fully saturated rings. The number of hydrogen-bond donors (Lipinski definition) is 0. The molecule has 0 atom stereocenters. The molecule has 1 aliphatic rings. The van der Waals surface area contributed by atoms with E-state index < -0.39 is 0 Å². The fourth-order valence-electron chi connectivity index (χ4n) is 3.99. The monoisotopic (exact) mass is 364 g/mol. The van der Waals surface area contributed by atoms with Crippen molar-refractivity contribution in [2.24, 2.45) is 5.92 Å². The predicted molar refractivity (Wildman–Crippen MR) is 106 cm³/mol. The number of aryl methyl sites for hydroxylation is 1. The molecule has 2 aromatic carbocycles. The fourth-order valence-corrected chi connectivity index (χ4v) is 3.99. The molecule has 0 N–H and O–H groups in total. The highest BCUT2D eigenvalue weighted by Crippen LogP contribution is 2.33. The zero-order valence-corrected chi connectivity index (χ0v) is 16.0. The van der Waals surface area contributed by atoms with Gasteiger partial charge in [-0.25, -0.2) is 0 Å². The number of rotatable bonds is 2. The molecule has 3 aromatic rings. The van der Waals surface area contributed by atoms with Crippen molar-refractivity contribution in [3.05, 3.63) is 47.7 Å². The van der Waals surface area contributed by atoms with E-state index >= 15 is 0 Å². The standard InChI is InChI=1S/C22H24N2O3/c1-14-17-9-8-15-6-4-5-7-18(15)20(17)27-19(14)22(26)24-12-10-16(11-13-24)21(25)23(2)3/h4-9,16H,10-13H2,1-3H3. The molecule has 1 aromatic heterocycles. The summed E-state index contributed by atoms with van der Waals surface area (Å²) < 4.78 is 6.07. The van der Waals surface area contributed by atoms with Gasteiger partial charge in [0.1, 0.15) is 5.58 Å². The zero-order valence-electron chi connectivity index (χ0n) is 16.0. The lowest BCUT2D eigenvalue weighted by Gasteiger charge is -2.32. The number of carbonyl (C=O) groups excluding carboxylic acids is 2. The van der Waals surface area contributed by atoms with Gasteiger partial charge in [-0.2, -0.15) is 0 Å². The van der Waals surface area contributed by atoms with E-state index in [9.17, 15) is 9.59 Å². The Hall–Kier alpha value is -2.82. The van der Waals surface area contributed by atoms with Gasteiger partial charge in [-0.1, -0.05) is 36.4 Å². The van der Waals surface area contributed by atoms with Crippen LogP contribution in [0.4, 0.5) is 0 Å². The van der Waals surface area contributed by atoms with Crippen molar-refractivity contribution >= 4 is 33.6 Å². The predicted octanol–water partition coefficient (Wildman–Crippen LogP) is 3.83. The third kappa shape index (κ3) is 2.97. The summed E-state index contributed by atoms with van der Waals surface area (Å²) >= 11 is 0. The minimum absolute atomic E-state index is 0.00441. The van der Waals surface area contributed by atoms with Crippen LogP contribution >= 0.6 is 0 Å². The number of hydrogen-bond acceptors (Lipinski definition) is 3. The molecule has 0 bridgehead atoms. The summed E-state index contributed by atoms with van der Waals surface area (Å²) in [4.78, 5) is 28.7. The number of fused-ring (bicyclic) bond motifs is 3. The number of amides is 2. The van der Waals surface area contributed by atoms with E-state index in [0.717, 1.165) is 27.3 Å². The van der Waals surface area contributed by atoms with Crippen LogP contribution in [-0.2, 0) is 4.79 Å². The summed E-state index contributed by atoms with van der Waals surface area (Å²) in [5.74, 6) is 0.487. The number of likely N-dealkylation sites (tertiary alicyclic amines) is 1. The molecule has 27 heavy (non-hydrogen) atoms. The number of benzene rings is 2. The Morgan fingerprint density at radius 2 is 1.74 bits per heavy atom. The van der Waals surface area contributed by atoms with Crippen molar-refractivity contribution in [1.29, 1.82) is 0 Å². The molecule has 0 radical (unpaired) electrons. The number of carbonyl (C=O) groups is 2. The first kappa shape index (κ1) is 17.6. The van der Waals surface area contributed by atoms with Crippen molar-refractivity contribution < 1.29 is 14.0 Å². The molecule has 140 valence electrons. The van der Waals surface area contributed by atoms with Crippen LogP contribution in [0.3, 0.4) is 0 Å². The van der Waals surface area contributed by atoms with E-state index in [1.165, 1.54) is 0 Å². The molecular weight excluding hydrogens is 340 g/mol. The lowest BCUT2D eigenvalue weighted by atomic mass is 9.95. The quantitative estimate of drug-likeness (QED) is 0.694. The minimum Gasteiger partial charge on any atom is -0.450 e. The van der Waals surface area contributed by atoms with Gasteiger partial charge in [0.25, 0.3) is 5.91 Å². The van der Waals surface area contributed by atoms with Gasteiger partial charge in [0, 0.05) is 49.4 Å². The lowest BCUT2D eigenvalue weighted by molar-refractivity contribution is -0.134. The van der Waals surface area contributed by atoms with Crippen LogP contribution in [0.1, 0.15) is 29.0 Å². The Bertz CT molecular complexity index is 1030. The summed E-state index contributed by atoms with van der Waals surface area (Å²) in [6.07, 6.45) is 1.40. The molecule has 0 aliphatic carbocycles. The molecular formula is C22H24N2O3. The Morgan fingerprint density at radius 1 is 1.04 bits per heavy atom. The maximum atomic E-state index is 13.1. The molecule has 5 heteroatoms. The largest absolute Gasteiger partial charge is 0.450 e. The second-order valence-corrected chi connectivity index (χ2v) is 7.52. The molecule has 2 heterocycles. The van der Waals surface area contributed by atoms with E-state index in [2.05, 4.69) is 6.07 Å². The van der Waals surface area contributed by atoms with E-state index in [1.807, 2.05) is 42.2 Å². The van der Waals surface area contributed by atoms with E-state index in [1.54, 1.807) is 19.0 Å². The average Bonchev–Trinajstić information content (AvgIpc) is 3.04. The number of furan rings is 1. The number of piperidine rings is 1. The highest BCUT2D eigenvalue weighted by Gasteiger charge is 2.31. The minimum atomic E-state index is -0.0801. The van der Waals surface area contributed by atoms with Gasteiger partial charge >= 0.3 is 0 Å². The summed E-state index contributed by atoms with van der Waals surface area (Å²) in [5.41, 5.74) is 1.65. The highest BCUT2D eigenvalue weighted by atomic mass is 16.3. The SMILES string of the molecule is Cc1c(C(=O)N2CCC(C(=O)N(C)C)CC2)oc2c1ccc1ccccc12. The molecule has 0 spiro atoms. The second kappa shape index (κ2) is 6.72. The van der Waals surface area contributed by atoms with Crippen LogP contribution in [0.25, 0.3) is 21.7 Å². The second-order valence-electron chi connectivity index (χ2n) is 7.52. The molecule has 1 aliphatic heterocycles. The maximum absolute atomic E-state index is 13.1. The molecule has 1 saturated heterocycles. The normalized spacial score (nSPS) is 15.4. The Balaban J connectivity index is 1.61. The third-order valence-electron chi connectivity index (χ3n) is 5.59. The van der Waals surface area contributed by atoms with Gasteiger partial charge in [0.2, 0.25) is 5.91 Å². The molecule has 4 rings (SSSR count). The Morgan fingerprint density at radius 3 is 2.44 bits per heavy atom. The molecule has 5 nitrogen and oxygen atoms in total. The van der Waals surface area contributed by atoms with Crippen LogP contribution in [0, 0.1) is 12.8 Å². The summed E-state index contributed by atoms with van der Waals surface area (Å²) in [7, 11) is 3.56. The Kier molecular flexibility index (Phi) is 4.38. The first-order chi connectivity index (χ1) is 13.0. The number of nitrogens with zero attached hydrogens (tertiary/aromatic N) is 2. The van der Waals surface area contributed by atoms with E-state index in [4.69, 9.17) is 4.42 Å². The van der Waals surface area contributed by atoms with Crippen LogP contribution < -0.4 is 0 Å². The lowest BCUT2D eigenvalue weighted by Crippen LogP contribution is -2.42. The summed E-state index contributed by atoms with van der Waals surface area (Å²) in [6.45, 7) is 3.11. The smallest absolute Gasteiger partial charge is 0.289 e. The zero-order chi connectivity index (χ0) is 19.1. The maximum Gasteiger partial charge on any atom is 0.289 e. The molecule has 0 saturated carbocycles. The fraction of sp³-hybridized carbons (Fsp3) is 0.364. The van der Waals surface area contributed by atoms with Gasteiger partial charge in [-0.15, -0.1) is 0 Å². The van der Waals surface area contributed by atoms with Gasteiger partial charge in [0.05, 0.1) is 0 Å². The van der Waals surface area contributed by atoms with Gasteiger partial charge in [-0.05, 0) is 25.2 Å². The average molecular weight is 364 g/mol. The van der Waals surface area contributed by atoms with Crippen LogP contribution in [0.5, 0.6) is 0 Å². The summed E-state index contributed by atoms with van der Waals surface area (Å²) in [6, 6.07) is 12.1. The first-order valence-electron chi connectivity index (χ1n) is 9.38. The molecule has 2 amide bonds. The van der Waals surface area contributed by atoms with E-state index in [-0.39, 0.29) is 17.7 Å². The van der Waals surface area contributed by atoms with Gasteiger partial charge in [-0.3, -0.25) is 9.59 Å². The van der Waals surface area contributed by atoms with Crippen molar-refractivity contribution in [3.8, 4) is 0 Å². The van der Waals surface area contributed by atoms with E-state index in [0.29, 0.717) is 31.7 Å². The van der Waals surface area contributed by atoms with Crippen LogP contribution in [-0.4, -0.2) is 48.8 Å². The van der Waals surface area contributed by atoms with Gasteiger partial charge < -0.3 is 14.2 Å². The van der Waals surface area contributed by atoms with Crippen LogP contribution in [0.2, 0.25) is 0 Å². The molecule has 0 unspecified atom stereocenters. The topological polar surface area (TPSA) is 53.8 Å². The highest BCUT2D eigenvalue weighted by molar-refractivity contribution is 6.08. The first-order valence-corrected chi connectivity index (χ1v) is 9.38. The van der Waals surface area contributed by atoms with Crippen LogP contribution in [0.15, 0.2) is 40.8 Å². The van der Waals surface area contributed by atoms with Crippen molar-refractivity contribution in [2.75, 3.05) is 27.2 Å². The van der Waals surface area contributed by atoms with Crippen molar-refractivity contribution in [3.63, 3.8) is 0 Å². The third-order valence-corrected chi connectivity index (χ3v) is 5.59. The van der Waals surface area contributed by atoms with Crippen molar-refractivity contribution in [1.82, 2.24) is 9.80 Å². The summed E-state index contributed by atoms with van der Waals surface area (Å²) in [5, 5.41) is 3.10. The van der Waals surface area contributed by atoms with Crippen molar-refractivity contribution in [2.45, 2.75) is 19.8 Å². The van der Waals surface area contributed by atoms with Gasteiger partial charge in [0.15, 0.2) is 5.76 Å².